The van der Waals surface area contributed by atoms with E-state index in [1.807, 2.05) is 6.92 Å². The van der Waals surface area contributed by atoms with Crippen LogP contribution in [0.1, 0.15) is 41.0 Å². The summed E-state index contributed by atoms with van der Waals surface area (Å²) in [6, 6.07) is 0.0134. The van der Waals surface area contributed by atoms with Crippen molar-refractivity contribution in [2.45, 2.75) is 52.6 Å². The Balaban J connectivity index is 2.93. The molecule has 0 saturated carbocycles. The normalized spacial score (nSPS) is 21.3. The van der Waals surface area contributed by atoms with Crippen LogP contribution in [0.25, 0.3) is 0 Å². The minimum absolute atomic E-state index is 0.0134. The molecular weight excluding hydrogens is 244 g/mol. The van der Waals surface area contributed by atoms with E-state index in [4.69, 9.17) is 4.74 Å². The Morgan fingerprint density at radius 2 is 2.00 bits per heavy atom. The van der Waals surface area contributed by atoms with Gasteiger partial charge in [0.05, 0.1) is 12.6 Å². The van der Waals surface area contributed by atoms with E-state index < -0.39 is 5.54 Å². The van der Waals surface area contributed by atoms with E-state index in [2.05, 4.69) is 19.2 Å². The summed E-state index contributed by atoms with van der Waals surface area (Å²) in [6.07, 6.45) is 0.352. The van der Waals surface area contributed by atoms with E-state index in [-0.39, 0.29) is 17.9 Å². The Morgan fingerprint density at radius 1 is 1.37 bits per heavy atom. The van der Waals surface area contributed by atoms with Gasteiger partial charge in [-0.05, 0) is 26.7 Å². The van der Waals surface area contributed by atoms with Gasteiger partial charge in [-0.25, -0.2) is 0 Å². The maximum Gasteiger partial charge on any atom is 0.248 e. The van der Waals surface area contributed by atoms with Crippen LogP contribution in [0.2, 0.25) is 0 Å². The molecule has 1 aliphatic heterocycles. The van der Waals surface area contributed by atoms with Crippen LogP contribution < -0.4 is 5.32 Å². The van der Waals surface area contributed by atoms with Gasteiger partial charge in [0.2, 0.25) is 11.8 Å². The molecule has 0 aromatic carbocycles. The molecule has 1 aliphatic rings. The average Bonchev–Trinajstić information content (AvgIpc) is 2.39. The van der Waals surface area contributed by atoms with Crippen molar-refractivity contribution in [2.75, 3.05) is 19.8 Å². The van der Waals surface area contributed by atoms with Gasteiger partial charge in [-0.2, -0.15) is 0 Å². The van der Waals surface area contributed by atoms with Crippen LogP contribution in [-0.4, -0.2) is 48.1 Å². The molecule has 2 amide bonds. The quantitative estimate of drug-likeness (QED) is 0.816. The smallest absolute Gasteiger partial charge is 0.248 e. The molecule has 0 aliphatic carbocycles. The number of hydrogen-bond acceptors (Lipinski definition) is 3. The molecular formula is C14H26N2O3. The topological polar surface area (TPSA) is 58.6 Å². The van der Waals surface area contributed by atoms with Crippen molar-refractivity contribution in [3.05, 3.63) is 0 Å². The molecule has 1 rings (SSSR count). The first-order chi connectivity index (χ1) is 8.79. The summed E-state index contributed by atoms with van der Waals surface area (Å²) in [5.74, 6) is 0.191. The molecule has 1 N–H and O–H groups in total. The fraction of sp³-hybridized carbons (Fsp3) is 0.857. The first kappa shape index (κ1) is 16.0. The lowest BCUT2D eigenvalue weighted by Gasteiger charge is -2.37. The molecule has 1 heterocycles. The summed E-state index contributed by atoms with van der Waals surface area (Å²) in [5, 5.41) is 2.78. The third-order valence-electron chi connectivity index (χ3n) is 3.49. The standard InChI is InChI=1S/C14H26N2O3/c1-6-19-9-11(10(2)3)16-8-7-12(17)15-14(4,5)13(16)18/h10-11H,6-9H2,1-5H3,(H,15,17). The van der Waals surface area contributed by atoms with Crippen molar-refractivity contribution in [1.29, 1.82) is 0 Å². The lowest BCUT2D eigenvalue weighted by atomic mass is 9.98. The molecule has 1 saturated heterocycles. The van der Waals surface area contributed by atoms with Crippen molar-refractivity contribution in [2.24, 2.45) is 5.92 Å². The van der Waals surface area contributed by atoms with Gasteiger partial charge in [0.1, 0.15) is 5.54 Å². The van der Waals surface area contributed by atoms with E-state index in [1.54, 1.807) is 18.7 Å². The van der Waals surface area contributed by atoms with Crippen LogP contribution in [0, 0.1) is 5.92 Å². The van der Waals surface area contributed by atoms with Crippen molar-refractivity contribution < 1.29 is 14.3 Å². The highest BCUT2D eigenvalue weighted by molar-refractivity contribution is 5.93. The van der Waals surface area contributed by atoms with Crippen LogP contribution in [0.5, 0.6) is 0 Å². The zero-order chi connectivity index (χ0) is 14.6. The number of ether oxygens (including phenoxy) is 1. The molecule has 1 unspecified atom stereocenters. The molecule has 0 aromatic heterocycles. The van der Waals surface area contributed by atoms with Crippen LogP contribution >= 0.6 is 0 Å². The number of amides is 2. The first-order valence-electron chi connectivity index (χ1n) is 6.99. The largest absolute Gasteiger partial charge is 0.380 e. The third kappa shape index (κ3) is 3.93. The van der Waals surface area contributed by atoms with Crippen LogP contribution in [0.4, 0.5) is 0 Å². The van der Waals surface area contributed by atoms with Gasteiger partial charge in [-0.1, -0.05) is 13.8 Å². The number of nitrogens with zero attached hydrogens (tertiary/aromatic N) is 1. The summed E-state index contributed by atoms with van der Waals surface area (Å²) < 4.78 is 5.50. The Morgan fingerprint density at radius 3 is 2.53 bits per heavy atom. The summed E-state index contributed by atoms with van der Waals surface area (Å²) in [7, 11) is 0. The maximum absolute atomic E-state index is 12.6. The molecule has 1 atom stereocenters. The molecule has 5 nitrogen and oxygen atoms in total. The van der Waals surface area contributed by atoms with Gasteiger partial charge in [-0.15, -0.1) is 0 Å². The zero-order valence-corrected chi connectivity index (χ0v) is 12.7. The fourth-order valence-electron chi connectivity index (χ4n) is 2.34. The second-order valence-electron chi connectivity index (χ2n) is 5.89. The van der Waals surface area contributed by atoms with Crippen molar-refractivity contribution in [3.8, 4) is 0 Å². The molecule has 0 bridgehead atoms. The maximum atomic E-state index is 12.6. The summed E-state index contributed by atoms with van der Waals surface area (Å²) in [5.41, 5.74) is -0.840. The Labute approximate surface area is 115 Å². The van der Waals surface area contributed by atoms with E-state index >= 15 is 0 Å². The second kappa shape index (κ2) is 6.37. The number of rotatable bonds is 5. The minimum atomic E-state index is -0.840. The summed E-state index contributed by atoms with van der Waals surface area (Å²) in [4.78, 5) is 26.1. The van der Waals surface area contributed by atoms with Crippen molar-refractivity contribution in [1.82, 2.24) is 10.2 Å². The monoisotopic (exact) mass is 270 g/mol. The highest BCUT2D eigenvalue weighted by Crippen LogP contribution is 2.20. The predicted octanol–water partition coefficient (Wildman–Crippen LogP) is 1.17. The van der Waals surface area contributed by atoms with Gasteiger partial charge in [0.15, 0.2) is 0 Å². The molecule has 0 aromatic rings. The number of carbonyl (C=O) groups excluding carboxylic acids is 2. The first-order valence-corrected chi connectivity index (χ1v) is 6.99. The number of carbonyl (C=O) groups is 2. The minimum Gasteiger partial charge on any atom is -0.380 e. The molecule has 5 heteroatoms. The van der Waals surface area contributed by atoms with Crippen LogP contribution in [-0.2, 0) is 14.3 Å². The second-order valence-corrected chi connectivity index (χ2v) is 5.89. The van der Waals surface area contributed by atoms with Gasteiger partial charge >= 0.3 is 0 Å². The van der Waals surface area contributed by atoms with Crippen LogP contribution in [0.3, 0.4) is 0 Å². The van der Waals surface area contributed by atoms with Crippen molar-refractivity contribution >= 4 is 11.8 Å². The zero-order valence-electron chi connectivity index (χ0n) is 12.7. The Kier molecular flexibility index (Phi) is 5.35. The molecule has 19 heavy (non-hydrogen) atoms. The van der Waals surface area contributed by atoms with Gasteiger partial charge in [0, 0.05) is 19.6 Å². The highest BCUT2D eigenvalue weighted by atomic mass is 16.5. The van der Waals surface area contributed by atoms with Gasteiger partial charge in [0.25, 0.3) is 0 Å². The van der Waals surface area contributed by atoms with E-state index in [0.29, 0.717) is 32.1 Å². The Hall–Kier alpha value is -1.10. The molecule has 0 spiro atoms. The molecule has 110 valence electrons. The SMILES string of the molecule is CCOCC(C(C)C)N1CCC(=O)NC(C)(C)C1=O. The van der Waals surface area contributed by atoms with Crippen LogP contribution in [0.15, 0.2) is 0 Å². The fourth-order valence-corrected chi connectivity index (χ4v) is 2.34. The molecule has 0 radical (unpaired) electrons. The van der Waals surface area contributed by atoms with Gasteiger partial charge < -0.3 is 15.0 Å². The van der Waals surface area contributed by atoms with E-state index in [9.17, 15) is 9.59 Å². The predicted molar refractivity (Wildman–Crippen MR) is 73.7 cm³/mol. The average molecular weight is 270 g/mol. The van der Waals surface area contributed by atoms with Gasteiger partial charge in [-0.3, -0.25) is 9.59 Å². The number of nitrogens with one attached hydrogen (secondary N) is 1. The highest BCUT2D eigenvalue weighted by Gasteiger charge is 2.39. The lowest BCUT2D eigenvalue weighted by molar-refractivity contribution is -0.141. The van der Waals surface area contributed by atoms with Crippen molar-refractivity contribution in [3.63, 3.8) is 0 Å². The van der Waals surface area contributed by atoms with E-state index in [0.717, 1.165) is 0 Å². The summed E-state index contributed by atoms with van der Waals surface area (Å²) >= 11 is 0. The molecule has 1 fully saturated rings. The Bertz CT molecular complexity index is 340. The van der Waals surface area contributed by atoms with E-state index in [1.165, 1.54) is 0 Å². The lowest BCUT2D eigenvalue weighted by Crippen LogP contribution is -2.56. The number of hydrogen-bond donors (Lipinski definition) is 1. The summed E-state index contributed by atoms with van der Waals surface area (Å²) in [6.45, 7) is 11.2. The third-order valence-corrected chi connectivity index (χ3v) is 3.49.